The maximum absolute atomic E-state index is 12.1. The van der Waals surface area contributed by atoms with Gasteiger partial charge in [0.2, 0.25) is 0 Å². The van der Waals surface area contributed by atoms with Crippen LogP contribution in [0.4, 0.5) is 5.82 Å². The molecule has 7 heteroatoms. The third-order valence-electron chi connectivity index (χ3n) is 4.46. The zero-order valence-corrected chi connectivity index (χ0v) is 15.3. The van der Waals surface area contributed by atoms with Crippen LogP contribution in [0.25, 0.3) is 6.08 Å². The maximum Gasteiger partial charge on any atom is 0.331 e. The average molecular weight is 369 g/mol. The third kappa shape index (κ3) is 5.20. The first-order chi connectivity index (χ1) is 13.2. The van der Waals surface area contributed by atoms with Gasteiger partial charge in [-0.3, -0.25) is 4.79 Å². The molecule has 0 aliphatic heterocycles. The summed E-state index contributed by atoms with van der Waals surface area (Å²) < 4.78 is 12.0. The lowest BCUT2D eigenvalue weighted by atomic mass is 10.2. The molecule has 0 radical (unpaired) electrons. The molecule has 2 aromatic rings. The molecule has 1 N–H and O–H groups in total. The van der Waals surface area contributed by atoms with Crippen LogP contribution < -0.4 is 10.1 Å². The number of benzene rings is 1. The zero-order valence-electron chi connectivity index (χ0n) is 15.3. The number of carbonyl (C=O) groups excluding carboxylic acids is 2. The maximum atomic E-state index is 12.1. The zero-order chi connectivity index (χ0) is 19.1. The van der Waals surface area contributed by atoms with Gasteiger partial charge >= 0.3 is 5.97 Å². The average Bonchev–Trinajstić information content (AvgIpc) is 3.36. The first-order valence-corrected chi connectivity index (χ1v) is 8.98. The summed E-state index contributed by atoms with van der Waals surface area (Å²) in [6, 6.07) is 9.34. The Morgan fingerprint density at radius 3 is 2.89 bits per heavy atom. The summed E-state index contributed by atoms with van der Waals surface area (Å²) >= 11 is 0. The van der Waals surface area contributed by atoms with Gasteiger partial charge in [0.05, 0.1) is 19.3 Å². The predicted octanol–water partition coefficient (Wildman–Crippen LogP) is 3.20. The molecule has 1 aromatic heterocycles. The molecule has 1 aliphatic rings. The van der Waals surface area contributed by atoms with Gasteiger partial charge < -0.3 is 14.8 Å². The van der Waals surface area contributed by atoms with Gasteiger partial charge in [0.1, 0.15) is 11.6 Å². The molecular weight excluding hydrogens is 346 g/mol. The topological polar surface area (TPSA) is 82.4 Å². The Morgan fingerprint density at radius 2 is 2.11 bits per heavy atom. The minimum atomic E-state index is -0.586. The summed E-state index contributed by atoms with van der Waals surface area (Å²) in [4.78, 5) is 23.9. The summed E-state index contributed by atoms with van der Waals surface area (Å²) in [5.41, 5.74) is 0.802. The summed E-state index contributed by atoms with van der Waals surface area (Å²) in [5.74, 6) is 0.355. The van der Waals surface area contributed by atoms with E-state index in [1.807, 2.05) is 22.9 Å². The Balaban J connectivity index is 1.48. The standard InChI is InChI=1S/C20H23N3O4/c1-26-17-8-4-5-15(13-17)9-10-20(25)27-14-19(24)22-18-11-12-21-23(18)16-6-2-3-7-16/h4-5,8-13,16H,2-3,6-7,14H2,1H3,(H,22,24)/b10-9+. The van der Waals surface area contributed by atoms with E-state index in [9.17, 15) is 9.59 Å². The van der Waals surface area contributed by atoms with E-state index in [-0.39, 0.29) is 6.61 Å². The van der Waals surface area contributed by atoms with Gasteiger partial charge in [0.25, 0.3) is 5.91 Å². The van der Waals surface area contributed by atoms with Crippen LogP contribution in [0.2, 0.25) is 0 Å². The number of hydrogen-bond donors (Lipinski definition) is 1. The van der Waals surface area contributed by atoms with Crippen molar-refractivity contribution in [2.24, 2.45) is 0 Å². The normalized spacial score (nSPS) is 14.4. The minimum absolute atomic E-state index is 0.323. The van der Waals surface area contributed by atoms with Crippen molar-refractivity contribution in [2.45, 2.75) is 31.7 Å². The van der Waals surface area contributed by atoms with Crippen LogP contribution in [-0.4, -0.2) is 35.4 Å². The predicted molar refractivity (Wildman–Crippen MR) is 101 cm³/mol. The van der Waals surface area contributed by atoms with Crippen LogP contribution in [0.5, 0.6) is 5.75 Å². The Hall–Kier alpha value is -3.09. The first kappa shape index (κ1) is 18.7. The molecule has 7 nitrogen and oxygen atoms in total. The quantitative estimate of drug-likeness (QED) is 0.599. The summed E-state index contributed by atoms with van der Waals surface area (Å²) in [6.45, 7) is -0.350. The van der Waals surface area contributed by atoms with Crippen molar-refractivity contribution in [3.05, 3.63) is 48.2 Å². The summed E-state index contributed by atoms with van der Waals surface area (Å²) in [7, 11) is 1.58. The van der Waals surface area contributed by atoms with Crippen molar-refractivity contribution in [3.8, 4) is 5.75 Å². The fraction of sp³-hybridized carbons (Fsp3) is 0.350. The van der Waals surface area contributed by atoms with E-state index < -0.39 is 11.9 Å². The molecule has 1 saturated carbocycles. The van der Waals surface area contributed by atoms with Crippen molar-refractivity contribution in [3.63, 3.8) is 0 Å². The van der Waals surface area contributed by atoms with E-state index in [1.165, 1.54) is 18.9 Å². The van der Waals surface area contributed by atoms with E-state index in [0.717, 1.165) is 18.4 Å². The first-order valence-electron chi connectivity index (χ1n) is 8.98. The second kappa shape index (κ2) is 9.02. The van der Waals surface area contributed by atoms with Gasteiger partial charge in [-0.05, 0) is 36.6 Å². The number of ether oxygens (including phenoxy) is 2. The molecular formula is C20H23N3O4. The van der Waals surface area contributed by atoms with Crippen LogP contribution >= 0.6 is 0 Å². The van der Waals surface area contributed by atoms with E-state index in [1.54, 1.807) is 31.5 Å². The highest BCUT2D eigenvalue weighted by atomic mass is 16.5. The summed E-state index contributed by atoms with van der Waals surface area (Å²) in [6.07, 6.45) is 9.03. The van der Waals surface area contributed by atoms with E-state index >= 15 is 0 Å². The molecule has 3 rings (SSSR count). The lowest BCUT2D eigenvalue weighted by Gasteiger charge is -2.14. The van der Waals surface area contributed by atoms with Crippen molar-refractivity contribution in [1.29, 1.82) is 0 Å². The van der Waals surface area contributed by atoms with Gasteiger partial charge in [0.15, 0.2) is 6.61 Å². The van der Waals surface area contributed by atoms with Crippen LogP contribution in [0.1, 0.15) is 37.3 Å². The van der Waals surface area contributed by atoms with Crippen molar-refractivity contribution >= 4 is 23.8 Å². The van der Waals surface area contributed by atoms with Crippen LogP contribution in [0, 0.1) is 0 Å². The third-order valence-corrected chi connectivity index (χ3v) is 4.46. The monoisotopic (exact) mass is 369 g/mol. The van der Waals surface area contributed by atoms with Gasteiger partial charge in [-0.15, -0.1) is 0 Å². The lowest BCUT2D eigenvalue weighted by molar-refractivity contribution is -0.142. The second-order valence-corrected chi connectivity index (χ2v) is 6.37. The number of rotatable bonds is 7. The number of amides is 1. The Kier molecular flexibility index (Phi) is 6.25. The number of methoxy groups -OCH3 is 1. The minimum Gasteiger partial charge on any atom is -0.497 e. The molecule has 1 amide bonds. The highest BCUT2D eigenvalue weighted by molar-refractivity contribution is 5.94. The highest BCUT2D eigenvalue weighted by Gasteiger charge is 2.20. The molecule has 1 fully saturated rings. The van der Waals surface area contributed by atoms with Crippen molar-refractivity contribution in [2.75, 3.05) is 19.0 Å². The highest BCUT2D eigenvalue weighted by Crippen LogP contribution is 2.31. The SMILES string of the molecule is COc1cccc(/C=C/C(=O)OCC(=O)Nc2ccnn2C2CCCC2)c1. The second-order valence-electron chi connectivity index (χ2n) is 6.37. The van der Waals surface area contributed by atoms with Crippen LogP contribution in [-0.2, 0) is 14.3 Å². The van der Waals surface area contributed by atoms with Gasteiger partial charge in [0, 0.05) is 12.1 Å². The molecule has 0 unspecified atom stereocenters. The molecule has 1 aromatic carbocycles. The number of nitrogens with one attached hydrogen (secondary N) is 1. The Morgan fingerprint density at radius 1 is 1.30 bits per heavy atom. The van der Waals surface area contributed by atoms with Gasteiger partial charge in [-0.2, -0.15) is 5.10 Å². The molecule has 0 atom stereocenters. The number of nitrogens with zero attached hydrogens (tertiary/aromatic N) is 2. The molecule has 27 heavy (non-hydrogen) atoms. The van der Waals surface area contributed by atoms with Crippen molar-refractivity contribution < 1.29 is 19.1 Å². The molecule has 1 aliphatic carbocycles. The van der Waals surface area contributed by atoms with Crippen LogP contribution in [0.3, 0.4) is 0 Å². The number of esters is 1. The van der Waals surface area contributed by atoms with Gasteiger partial charge in [-0.25, -0.2) is 9.48 Å². The van der Waals surface area contributed by atoms with Crippen molar-refractivity contribution in [1.82, 2.24) is 9.78 Å². The fourth-order valence-corrected chi connectivity index (χ4v) is 3.13. The molecule has 142 valence electrons. The largest absolute Gasteiger partial charge is 0.497 e. The summed E-state index contributed by atoms with van der Waals surface area (Å²) in [5, 5.41) is 7.05. The number of aromatic nitrogens is 2. The Labute approximate surface area is 158 Å². The van der Waals surface area contributed by atoms with E-state index in [4.69, 9.17) is 9.47 Å². The smallest absolute Gasteiger partial charge is 0.331 e. The Bertz CT molecular complexity index is 822. The van der Waals surface area contributed by atoms with E-state index in [0.29, 0.717) is 17.6 Å². The number of carbonyl (C=O) groups is 2. The van der Waals surface area contributed by atoms with Gasteiger partial charge in [-0.1, -0.05) is 25.0 Å². The molecule has 1 heterocycles. The van der Waals surface area contributed by atoms with E-state index in [2.05, 4.69) is 10.4 Å². The van der Waals surface area contributed by atoms with Crippen LogP contribution in [0.15, 0.2) is 42.6 Å². The molecule has 0 saturated heterocycles. The fourth-order valence-electron chi connectivity index (χ4n) is 3.13. The number of hydrogen-bond acceptors (Lipinski definition) is 5. The molecule has 0 spiro atoms. The lowest BCUT2D eigenvalue weighted by Crippen LogP contribution is -2.22. The number of anilines is 1. The molecule has 0 bridgehead atoms.